The minimum Gasteiger partial charge on any atom is -0.420 e. The Morgan fingerprint density at radius 2 is 1.47 bits per heavy atom. The molecule has 0 unspecified atom stereocenters. The summed E-state index contributed by atoms with van der Waals surface area (Å²) in [5, 5.41) is 0. The third-order valence-electron chi connectivity index (χ3n) is 6.99. The summed E-state index contributed by atoms with van der Waals surface area (Å²) in [4.78, 5) is 5.08. The largest absolute Gasteiger partial charge is 0.420 e. The van der Waals surface area contributed by atoms with Crippen LogP contribution in [0.25, 0.3) is 28.4 Å². The van der Waals surface area contributed by atoms with Crippen LogP contribution in [0, 0.1) is 6.92 Å². The van der Waals surface area contributed by atoms with Crippen molar-refractivity contribution in [3.05, 3.63) is 89.6 Å². The molecule has 5 nitrogen and oxygen atoms in total. The molecular weight excluding hydrogens is 444 g/mol. The highest BCUT2D eigenvalue weighted by Gasteiger charge is 2.33. The molecule has 36 heavy (non-hydrogen) atoms. The topological polar surface area (TPSA) is 35.9 Å². The number of hydrogen-bond acceptors (Lipinski definition) is 2. The lowest BCUT2D eigenvalue weighted by Gasteiger charge is -2.17. The molecule has 0 spiro atoms. The zero-order valence-electron chi connectivity index (χ0n) is 22.3. The van der Waals surface area contributed by atoms with Crippen molar-refractivity contribution in [2.75, 3.05) is 0 Å². The van der Waals surface area contributed by atoms with Crippen molar-refractivity contribution in [1.29, 1.82) is 0 Å². The molecule has 0 saturated carbocycles. The van der Waals surface area contributed by atoms with Crippen molar-refractivity contribution in [3.63, 3.8) is 0 Å². The maximum atomic E-state index is 6.52. The molecule has 0 aliphatic rings. The van der Waals surface area contributed by atoms with E-state index in [0.29, 0.717) is 11.8 Å². The predicted octanol–water partition coefficient (Wildman–Crippen LogP) is 7.20. The van der Waals surface area contributed by atoms with Crippen molar-refractivity contribution < 1.29 is 9.30 Å². The lowest BCUT2D eigenvalue weighted by atomic mass is 9.92. The second-order valence-electron chi connectivity index (χ2n) is 10.2. The Morgan fingerprint density at radius 1 is 0.833 bits per heavy atom. The number of benzene rings is 3. The van der Waals surface area contributed by atoms with E-state index < -0.39 is 0 Å². The molecule has 0 aliphatic carbocycles. The Kier molecular flexibility index (Phi) is 6.17. The lowest BCUT2D eigenvalue weighted by Crippen LogP contribution is -2.32. The Morgan fingerprint density at radius 3 is 2.11 bits per heavy atom. The molecule has 0 atom stereocenters. The highest BCUT2D eigenvalue weighted by molar-refractivity contribution is 5.79. The number of ether oxygens (including phenoxy) is 1. The average Bonchev–Trinajstić information content (AvgIpc) is 3.36. The fourth-order valence-corrected chi connectivity index (χ4v) is 4.97. The summed E-state index contributed by atoms with van der Waals surface area (Å²) in [6.45, 7) is 11.1. The summed E-state index contributed by atoms with van der Waals surface area (Å²) in [5.41, 5.74) is 6.99. The molecular formula is C31H35N4O+. The van der Waals surface area contributed by atoms with Gasteiger partial charge in [-0.05, 0) is 42.5 Å². The van der Waals surface area contributed by atoms with Crippen LogP contribution in [0.4, 0.5) is 0 Å². The molecule has 3 aromatic carbocycles. The van der Waals surface area contributed by atoms with Crippen LogP contribution >= 0.6 is 0 Å². The van der Waals surface area contributed by atoms with Gasteiger partial charge in [0.1, 0.15) is 11.4 Å². The number of rotatable bonds is 6. The Labute approximate surface area is 213 Å². The molecule has 2 aromatic heterocycles. The summed E-state index contributed by atoms with van der Waals surface area (Å²) in [6, 6.07) is 23.1. The summed E-state index contributed by atoms with van der Waals surface area (Å²) in [6.07, 6.45) is 2.12. The number of imidazole rings is 2. The van der Waals surface area contributed by atoms with Crippen LogP contribution < -0.4 is 9.30 Å². The minimum absolute atomic E-state index is 0.362. The first-order valence-electron chi connectivity index (χ1n) is 12.7. The van der Waals surface area contributed by atoms with Gasteiger partial charge in [-0.25, -0.2) is 4.98 Å². The third-order valence-corrected chi connectivity index (χ3v) is 6.99. The molecule has 0 aliphatic heterocycles. The zero-order chi connectivity index (χ0) is 25.6. The van der Waals surface area contributed by atoms with Gasteiger partial charge < -0.3 is 9.30 Å². The van der Waals surface area contributed by atoms with Crippen LogP contribution in [0.2, 0.25) is 0 Å². The molecule has 0 saturated heterocycles. The maximum Gasteiger partial charge on any atom is 0.333 e. The molecule has 184 valence electrons. The Bertz CT molecular complexity index is 1530. The van der Waals surface area contributed by atoms with E-state index >= 15 is 0 Å². The highest BCUT2D eigenvalue weighted by Crippen LogP contribution is 2.36. The SMILES string of the molecule is Cc1ccccc1Oc1cn(-c2c(C(C)C)cccc2C(C)C)c(-c2nc3ccccc3n2C)[n+]1C. The molecule has 0 bridgehead atoms. The number of para-hydroxylation sites is 4. The summed E-state index contributed by atoms with van der Waals surface area (Å²) in [7, 11) is 4.15. The molecule has 0 radical (unpaired) electrons. The molecule has 0 N–H and O–H groups in total. The summed E-state index contributed by atoms with van der Waals surface area (Å²) < 4.78 is 13.1. The molecule has 5 rings (SSSR count). The van der Waals surface area contributed by atoms with Gasteiger partial charge in [0.15, 0.2) is 6.20 Å². The van der Waals surface area contributed by atoms with Gasteiger partial charge in [-0.2, -0.15) is 9.13 Å². The van der Waals surface area contributed by atoms with Crippen LogP contribution in [0.15, 0.2) is 72.9 Å². The second kappa shape index (κ2) is 9.30. The van der Waals surface area contributed by atoms with Gasteiger partial charge in [0.2, 0.25) is 5.82 Å². The average molecular weight is 480 g/mol. The first kappa shape index (κ1) is 23.9. The van der Waals surface area contributed by atoms with E-state index in [0.717, 1.165) is 39.9 Å². The van der Waals surface area contributed by atoms with E-state index in [1.54, 1.807) is 0 Å². The number of nitrogens with zero attached hydrogens (tertiary/aromatic N) is 4. The van der Waals surface area contributed by atoms with E-state index in [4.69, 9.17) is 9.72 Å². The van der Waals surface area contributed by atoms with E-state index in [2.05, 4.69) is 111 Å². The Hall–Kier alpha value is -3.86. The van der Waals surface area contributed by atoms with Gasteiger partial charge in [-0.15, -0.1) is 0 Å². The van der Waals surface area contributed by atoms with Crippen LogP contribution in [-0.4, -0.2) is 14.1 Å². The van der Waals surface area contributed by atoms with Gasteiger partial charge in [0, 0.05) is 18.2 Å². The Balaban J connectivity index is 1.83. The summed E-state index contributed by atoms with van der Waals surface area (Å²) >= 11 is 0. The third kappa shape index (κ3) is 3.98. The molecule has 5 aromatic rings. The molecule has 0 amide bonds. The van der Waals surface area contributed by atoms with E-state index in [9.17, 15) is 0 Å². The van der Waals surface area contributed by atoms with Crippen molar-refractivity contribution in [2.24, 2.45) is 14.1 Å². The van der Waals surface area contributed by atoms with E-state index in [-0.39, 0.29) is 0 Å². The quantitative estimate of drug-likeness (QED) is 0.241. The van der Waals surface area contributed by atoms with Gasteiger partial charge >= 0.3 is 11.7 Å². The molecule has 5 heteroatoms. The van der Waals surface area contributed by atoms with Gasteiger partial charge in [-0.3, -0.25) is 0 Å². The number of aryl methyl sites for hydroxylation is 2. The first-order chi connectivity index (χ1) is 17.3. The monoisotopic (exact) mass is 479 g/mol. The normalized spacial score (nSPS) is 11.7. The maximum absolute atomic E-state index is 6.52. The second-order valence-corrected chi connectivity index (χ2v) is 10.2. The zero-order valence-corrected chi connectivity index (χ0v) is 22.3. The van der Waals surface area contributed by atoms with Gasteiger partial charge in [0.25, 0.3) is 0 Å². The number of fused-ring (bicyclic) bond motifs is 1. The van der Waals surface area contributed by atoms with Crippen LogP contribution in [0.1, 0.15) is 56.2 Å². The van der Waals surface area contributed by atoms with Crippen molar-refractivity contribution in [1.82, 2.24) is 14.1 Å². The first-order valence-corrected chi connectivity index (χ1v) is 12.7. The van der Waals surface area contributed by atoms with Gasteiger partial charge in [-0.1, -0.05) is 76.2 Å². The van der Waals surface area contributed by atoms with Gasteiger partial charge in [0.05, 0.1) is 18.1 Å². The summed E-state index contributed by atoms with van der Waals surface area (Å²) in [5.74, 6) is 4.21. The standard InChI is InChI=1S/C31H35N4O/c1-20(2)23-14-12-15-24(21(3)4)29(23)35-19-28(36-27-18-11-8-13-22(27)5)34(7)31(35)30-32-25-16-9-10-17-26(25)33(30)6/h8-21H,1-7H3/q+1. The lowest BCUT2D eigenvalue weighted by molar-refractivity contribution is -0.664. The fourth-order valence-electron chi connectivity index (χ4n) is 4.97. The van der Waals surface area contributed by atoms with Crippen LogP contribution in [-0.2, 0) is 14.1 Å². The van der Waals surface area contributed by atoms with E-state index in [1.807, 2.05) is 24.3 Å². The van der Waals surface area contributed by atoms with Crippen molar-refractivity contribution in [3.8, 4) is 29.0 Å². The molecule has 0 fully saturated rings. The molecule has 2 heterocycles. The minimum atomic E-state index is 0.362. The van der Waals surface area contributed by atoms with E-state index in [1.165, 1.54) is 16.8 Å². The van der Waals surface area contributed by atoms with Crippen LogP contribution in [0.3, 0.4) is 0 Å². The highest BCUT2D eigenvalue weighted by atomic mass is 16.5. The number of hydrogen-bond donors (Lipinski definition) is 0. The van der Waals surface area contributed by atoms with Crippen LogP contribution in [0.5, 0.6) is 11.6 Å². The smallest absolute Gasteiger partial charge is 0.333 e. The van der Waals surface area contributed by atoms with Crippen molar-refractivity contribution >= 4 is 11.0 Å². The van der Waals surface area contributed by atoms with Crippen molar-refractivity contribution in [2.45, 2.75) is 46.5 Å². The predicted molar refractivity (Wildman–Crippen MR) is 146 cm³/mol. The number of aromatic nitrogens is 4. The fraction of sp³-hybridized carbons (Fsp3) is 0.290.